The van der Waals surface area contributed by atoms with Crippen molar-refractivity contribution in [2.75, 3.05) is 27.3 Å². The molecule has 0 aromatic carbocycles. The standard InChI is InChI=1S/C25H34ClNO6/c1-14-7-15(2)13-27(12-14)23(29)11-19(16-5-6-18(25(30)31)20(26)8-16)24-21(28)9-17(32-3)10-22(24)33-4/h6,8-10,14-16,19,21,24,28H,5,7,11-13H2,1-4H3,(H,30,31)/t14-,15+,16?,19?,21?,24?. The number of carbonyl (C=O) groups is 2. The van der Waals surface area contributed by atoms with Crippen molar-refractivity contribution in [2.24, 2.45) is 29.6 Å². The minimum absolute atomic E-state index is 0.0279. The molecule has 7 nitrogen and oxygen atoms in total. The van der Waals surface area contributed by atoms with Gasteiger partial charge in [-0.2, -0.15) is 0 Å². The first kappa shape index (κ1) is 25.4. The number of methoxy groups -OCH3 is 2. The molecule has 1 amide bonds. The van der Waals surface area contributed by atoms with Crippen LogP contribution in [0.2, 0.25) is 0 Å². The first-order valence-electron chi connectivity index (χ1n) is 11.4. The van der Waals surface area contributed by atoms with Crippen LogP contribution in [-0.4, -0.2) is 60.4 Å². The van der Waals surface area contributed by atoms with Crippen molar-refractivity contribution >= 4 is 23.5 Å². The van der Waals surface area contributed by atoms with Gasteiger partial charge < -0.3 is 24.6 Å². The quantitative estimate of drug-likeness (QED) is 0.578. The van der Waals surface area contributed by atoms with E-state index in [0.29, 0.717) is 42.9 Å². The lowest BCUT2D eigenvalue weighted by Gasteiger charge is -2.40. The number of allylic oxidation sites excluding steroid dienone is 3. The molecule has 4 unspecified atom stereocenters. The maximum atomic E-state index is 13.4. The Morgan fingerprint density at radius 3 is 2.39 bits per heavy atom. The van der Waals surface area contributed by atoms with Gasteiger partial charge in [-0.05, 0) is 42.6 Å². The van der Waals surface area contributed by atoms with Crippen LogP contribution in [0.4, 0.5) is 0 Å². The summed E-state index contributed by atoms with van der Waals surface area (Å²) >= 11 is 6.31. The third kappa shape index (κ3) is 5.82. The number of carboxylic acids is 1. The van der Waals surface area contributed by atoms with Crippen molar-refractivity contribution in [3.05, 3.63) is 46.4 Å². The third-order valence-corrected chi connectivity index (χ3v) is 7.20. The number of ether oxygens (including phenoxy) is 2. The largest absolute Gasteiger partial charge is 0.501 e. The van der Waals surface area contributed by atoms with E-state index in [-0.39, 0.29) is 34.8 Å². The molecule has 0 radical (unpaired) electrons. The van der Waals surface area contributed by atoms with Gasteiger partial charge in [0.2, 0.25) is 5.91 Å². The van der Waals surface area contributed by atoms with Crippen molar-refractivity contribution in [3.8, 4) is 0 Å². The van der Waals surface area contributed by atoms with E-state index in [9.17, 15) is 19.8 Å². The average Bonchev–Trinajstić information content (AvgIpc) is 2.76. The fraction of sp³-hybridized carbons (Fsp3) is 0.600. The maximum Gasteiger partial charge on any atom is 0.336 e. The van der Waals surface area contributed by atoms with Crippen molar-refractivity contribution < 1.29 is 29.3 Å². The molecule has 0 spiro atoms. The maximum absolute atomic E-state index is 13.4. The van der Waals surface area contributed by atoms with E-state index in [4.69, 9.17) is 21.1 Å². The van der Waals surface area contributed by atoms with Crippen LogP contribution >= 0.6 is 11.6 Å². The minimum Gasteiger partial charge on any atom is -0.501 e. The monoisotopic (exact) mass is 479 g/mol. The highest BCUT2D eigenvalue weighted by atomic mass is 35.5. The van der Waals surface area contributed by atoms with Crippen LogP contribution in [0.5, 0.6) is 0 Å². The second kappa shape index (κ2) is 10.8. The van der Waals surface area contributed by atoms with Crippen LogP contribution in [-0.2, 0) is 19.1 Å². The topological polar surface area (TPSA) is 96.3 Å². The zero-order valence-electron chi connectivity index (χ0n) is 19.7. The lowest BCUT2D eigenvalue weighted by molar-refractivity contribution is -0.136. The molecule has 3 aliphatic rings. The second-order valence-electron chi connectivity index (χ2n) is 9.49. The zero-order valence-corrected chi connectivity index (χ0v) is 20.4. The van der Waals surface area contributed by atoms with Gasteiger partial charge in [-0.15, -0.1) is 0 Å². The Hall–Kier alpha value is -2.25. The first-order valence-corrected chi connectivity index (χ1v) is 11.8. The van der Waals surface area contributed by atoms with Crippen LogP contribution in [0.25, 0.3) is 0 Å². The fourth-order valence-electron chi connectivity index (χ4n) is 5.44. The second-order valence-corrected chi connectivity index (χ2v) is 9.90. The van der Waals surface area contributed by atoms with Gasteiger partial charge in [0, 0.05) is 25.6 Å². The molecule has 182 valence electrons. The van der Waals surface area contributed by atoms with Crippen LogP contribution in [0.3, 0.4) is 0 Å². The molecule has 1 aliphatic heterocycles. The summed E-state index contributed by atoms with van der Waals surface area (Å²) in [4.78, 5) is 26.8. The molecule has 6 atom stereocenters. The Morgan fingerprint density at radius 2 is 1.85 bits per heavy atom. The van der Waals surface area contributed by atoms with Crippen LogP contribution in [0.1, 0.15) is 33.1 Å². The number of rotatable bonds is 7. The summed E-state index contributed by atoms with van der Waals surface area (Å²) in [6.45, 7) is 5.74. The molecule has 0 aromatic rings. The lowest BCUT2D eigenvalue weighted by atomic mass is 9.71. The Labute approximate surface area is 200 Å². The smallest absolute Gasteiger partial charge is 0.336 e. The molecule has 0 saturated carbocycles. The van der Waals surface area contributed by atoms with Gasteiger partial charge in [0.05, 0.1) is 36.8 Å². The first-order chi connectivity index (χ1) is 15.6. The van der Waals surface area contributed by atoms with Crippen molar-refractivity contribution in [3.63, 3.8) is 0 Å². The summed E-state index contributed by atoms with van der Waals surface area (Å²) in [6.07, 6.45) is 7.42. The number of amides is 1. The molecule has 1 fully saturated rings. The van der Waals surface area contributed by atoms with E-state index in [2.05, 4.69) is 13.8 Å². The van der Waals surface area contributed by atoms with Gasteiger partial charge >= 0.3 is 5.97 Å². The van der Waals surface area contributed by atoms with E-state index < -0.39 is 18.0 Å². The van der Waals surface area contributed by atoms with Gasteiger partial charge in [-0.1, -0.05) is 37.6 Å². The Balaban J connectivity index is 1.92. The molecule has 1 saturated heterocycles. The summed E-state index contributed by atoms with van der Waals surface area (Å²) < 4.78 is 10.9. The Bertz CT molecular complexity index is 881. The normalized spacial score (nSPS) is 31.0. The molecule has 1 heterocycles. The van der Waals surface area contributed by atoms with Crippen LogP contribution in [0, 0.1) is 29.6 Å². The number of piperidine rings is 1. The van der Waals surface area contributed by atoms with Crippen LogP contribution < -0.4 is 0 Å². The van der Waals surface area contributed by atoms with Crippen molar-refractivity contribution in [2.45, 2.75) is 39.2 Å². The molecule has 33 heavy (non-hydrogen) atoms. The van der Waals surface area contributed by atoms with Gasteiger partial charge in [-0.3, -0.25) is 4.79 Å². The zero-order chi connectivity index (χ0) is 24.3. The lowest BCUT2D eigenvalue weighted by Crippen LogP contribution is -2.45. The highest BCUT2D eigenvalue weighted by Crippen LogP contribution is 2.42. The van der Waals surface area contributed by atoms with Crippen molar-refractivity contribution in [1.29, 1.82) is 0 Å². The number of aliphatic hydroxyl groups is 1. The summed E-state index contributed by atoms with van der Waals surface area (Å²) in [5, 5.41) is 20.6. The number of carboxylic acid groups (broad SMARTS) is 1. The molecule has 8 heteroatoms. The molecular formula is C25H34ClNO6. The molecule has 0 aromatic heterocycles. The predicted molar refractivity (Wildman–Crippen MR) is 125 cm³/mol. The number of nitrogens with zero attached hydrogens (tertiary/aromatic N) is 1. The fourth-order valence-corrected chi connectivity index (χ4v) is 5.76. The van der Waals surface area contributed by atoms with Gasteiger partial charge in [0.15, 0.2) is 0 Å². The SMILES string of the molecule is COC1=CC(O)C(C(CC(=O)N2C[C@H](C)C[C@H](C)C2)C2C=C(Cl)C(C(=O)O)=CC2)C(OC)=C1. The van der Waals surface area contributed by atoms with Gasteiger partial charge in [-0.25, -0.2) is 4.79 Å². The summed E-state index contributed by atoms with van der Waals surface area (Å²) in [5.74, 6) is -0.251. The number of aliphatic hydroxyl groups excluding tert-OH is 1. The Kier molecular flexibility index (Phi) is 8.29. The number of carbonyl (C=O) groups excluding carboxylic acids is 1. The Morgan fingerprint density at radius 1 is 1.18 bits per heavy atom. The van der Waals surface area contributed by atoms with Crippen LogP contribution in [0.15, 0.2) is 46.4 Å². The number of halogens is 1. The minimum atomic E-state index is -1.08. The number of hydrogen-bond acceptors (Lipinski definition) is 5. The van der Waals surface area contributed by atoms with Crippen molar-refractivity contribution in [1.82, 2.24) is 4.90 Å². The highest BCUT2D eigenvalue weighted by molar-refractivity contribution is 6.35. The number of hydrogen-bond donors (Lipinski definition) is 2. The predicted octanol–water partition coefficient (Wildman–Crippen LogP) is 3.70. The average molecular weight is 480 g/mol. The summed E-state index contributed by atoms with van der Waals surface area (Å²) in [6, 6.07) is 0. The number of aliphatic carboxylic acids is 1. The van der Waals surface area contributed by atoms with E-state index in [0.717, 1.165) is 6.42 Å². The van der Waals surface area contributed by atoms with E-state index in [1.807, 2.05) is 4.90 Å². The molecule has 0 bridgehead atoms. The summed E-state index contributed by atoms with van der Waals surface area (Å²) in [7, 11) is 3.05. The molecule has 2 aliphatic carbocycles. The third-order valence-electron chi connectivity index (χ3n) is 6.87. The summed E-state index contributed by atoms with van der Waals surface area (Å²) in [5.41, 5.74) is 0.0601. The molecular weight excluding hydrogens is 446 g/mol. The molecule has 2 N–H and O–H groups in total. The van der Waals surface area contributed by atoms with E-state index >= 15 is 0 Å². The van der Waals surface area contributed by atoms with E-state index in [1.165, 1.54) is 14.2 Å². The van der Waals surface area contributed by atoms with Gasteiger partial charge in [0.25, 0.3) is 0 Å². The van der Waals surface area contributed by atoms with E-state index in [1.54, 1.807) is 24.3 Å². The molecule has 3 rings (SSSR count). The van der Waals surface area contributed by atoms with Gasteiger partial charge in [0.1, 0.15) is 11.5 Å². The highest BCUT2D eigenvalue weighted by Gasteiger charge is 2.41. The number of likely N-dealkylation sites (tertiary alicyclic amines) is 1.